The van der Waals surface area contributed by atoms with Gasteiger partial charge in [-0.2, -0.15) is 0 Å². The summed E-state index contributed by atoms with van der Waals surface area (Å²) in [5.41, 5.74) is 0.847. The average Bonchev–Trinajstić information content (AvgIpc) is 3.15. The maximum absolute atomic E-state index is 12.5. The number of benzene rings is 1. The molecule has 0 aliphatic carbocycles. The summed E-state index contributed by atoms with van der Waals surface area (Å²) in [5, 5.41) is 13.8. The van der Waals surface area contributed by atoms with Crippen LogP contribution in [0.15, 0.2) is 41.8 Å². The van der Waals surface area contributed by atoms with Crippen LogP contribution in [-0.2, 0) is 9.59 Å². The number of hydrogen-bond acceptors (Lipinski definition) is 4. The van der Waals surface area contributed by atoms with Crippen molar-refractivity contribution in [2.75, 3.05) is 6.61 Å². The van der Waals surface area contributed by atoms with Crippen molar-refractivity contribution in [3.05, 3.63) is 52.2 Å². The highest BCUT2D eigenvalue weighted by Crippen LogP contribution is 2.34. The van der Waals surface area contributed by atoms with Crippen LogP contribution in [0.4, 0.5) is 0 Å². The Balaban J connectivity index is 1.76. The Bertz CT molecular complexity index is 683. The fraction of sp³-hybridized carbons (Fsp3) is 0.250. The summed E-state index contributed by atoms with van der Waals surface area (Å²) in [5.74, 6) is -0.826. The molecule has 2 heterocycles. The summed E-state index contributed by atoms with van der Waals surface area (Å²) in [6, 6.07) is 10.6. The molecule has 0 radical (unpaired) electrons. The van der Waals surface area contributed by atoms with Gasteiger partial charge in [-0.25, -0.2) is 0 Å². The van der Waals surface area contributed by atoms with Crippen LogP contribution >= 0.6 is 11.3 Å². The van der Waals surface area contributed by atoms with Gasteiger partial charge >= 0.3 is 5.97 Å². The van der Waals surface area contributed by atoms with Gasteiger partial charge in [0.25, 0.3) is 0 Å². The van der Waals surface area contributed by atoms with E-state index in [1.165, 1.54) is 11.3 Å². The summed E-state index contributed by atoms with van der Waals surface area (Å²) < 4.78 is 5.51. The summed E-state index contributed by atoms with van der Waals surface area (Å²) in [7, 11) is 0. The Morgan fingerprint density at radius 2 is 2.14 bits per heavy atom. The lowest BCUT2D eigenvalue weighted by atomic mass is 9.99. The van der Waals surface area contributed by atoms with Gasteiger partial charge in [0.05, 0.1) is 12.5 Å². The van der Waals surface area contributed by atoms with Crippen LogP contribution in [0.3, 0.4) is 0 Å². The largest absolute Gasteiger partial charge is 0.492 e. The Morgan fingerprint density at radius 3 is 2.86 bits per heavy atom. The van der Waals surface area contributed by atoms with Crippen molar-refractivity contribution in [3.63, 3.8) is 0 Å². The Morgan fingerprint density at radius 1 is 1.32 bits per heavy atom. The van der Waals surface area contributed by atoms with Crippen molar-refractivity contribution < 1.29 is 19.4 Å². The first-order chi connectivity index (χ1) is 10.6. The van der Waals surface area contributed by atoms with Gasteiger partial charge in [-0.05, 0) is 17.5 Å². The number of fused-ring (bicyclic) bond motifs is 1. The Hall–Kier alpha value is -2.34. The second kappa shape index (κ2) is 6.19. The van der Waals surface area contributed by atoms with Crippen LogP contribution in [0.2, 0.25) is 0 Å². The summed E-state index contributed by atoms with van der Waals surface area (Å²) in [6.45, 7) is 0.287. The third-order valence-corrected chi connectivity index (χ3v) is 4.58. The number of hydrogen-bond donors (Lipinski definition) is 2. The molecule has 0 saturated heterocycles. The first-order valence-corrected chi connectivity index (χ1v) is 7.80. The molecule has 1 aromatic heterocycles. The summed E-state index contributed by atoms with van der Waals surface area (Å²) in [6.07, 6.45) is -0.137. The highest BCUT2D eigenvalue weighted by Gasteiger charge is 2.32. The van der Waals surface area contributed by atoms with Crippen LogP contribution < -0.4 is 10.1 Å². The van der Waals surface area contributed by atoms with Gasteiger partial charge in [-0.15, -0.1) is 11.3 Å². The molecule has 1 amide bonds. The molecule has 3 rings (SSSR count). The normalized spacial score (nSPS) is 17.4. The van der Waals surface area contributed by atoms with Gasteiger partial charge in [-0.1, -0.05) is 24.3 Å². The summed E-state index contributed by atoms with van der Waals surface area (Å²) in [4.78, 5) is 24.4. The molecule has 5 nitrogen and oxygen atoms in total. The van der Waals surface area contributed by atoms with E-state index >= 15 is 0 Å². The molecular weight excluding hydrogens is 302 g/mol. The smallest absolute Gasteiger partial charge is 0.305 e. The van der Waals surface area contributed by atoms with E-state index in [0.717, 1.165) is 10.4 Å². The molecule has 2 unspecified atom stereocenters. The number of para-hydroxylation sites is 1. The van der Waals surface area contributed by atoms with Gasteiger partial charge in [0.1, 0.15) is 18.3 Å². The number of carboxylic acids is 1. The Labute approximate surface area is 131 Å². The van der Waals surface area contributed by atoms with Crippen molar-refractivity contribution in [1.82, 2.24) is 5.32 Å². The molecule has 1 aliphatic rings. The number of carbonyl (C=O) groups excluding carboxylic acids is 1. The molecule has 22 heavy (non-hydrogen) atoms. The minimum absolute atomic E-state index is 0.137. The van der Waals surface area contributed by atoms with E-state index in [9.17, 15) is 9.59 Å². The van der Waals surface area contributed by atoms with Gasteiger partial charge < -0.3 is 15.2 Å². The van der Waals surface area contributed by atoms with Crippen LogP contribution in [0.1, 0.15) is 28.8 Å². The van der Waals surface area contributed by atoms with Crippen LogP contribution in [-0.4, -0.2) is 23.6 Å². The molecule has 0 fully saturated rings. The molecule has 1 aromatic carbocycles. The number of nitrogens with one attached hydrogen (secondary N) is 1. The molecule has 114 valence electrons. The van der Waals surface area contributed by atoms with Crippen molar-refractivity contribution in [2.45, 2.75) is 18.4 Å². The predicted molar refractivity (Wildman–Crippen MR) is 82.1 cm³/mol. The zero-order valence-corrected chi connectivity index (χ0v) is 12.5. The van der Waals surface area contributed by atoms with Crippen molar-refractivity contribution >= 4 is 23.2 Å². The number of ether oxygens (including phenoxy) is 1. The van der Waals surface area contributed by atoms with Crippen molar-refractivity contribution in [1.29, 1.82) is 0 Å². The molecule has 0 bridgehead atoms. The fourth-order valence-corrected chi connectivity index (χ4v) is 3.32. The zero-order valence-electron chi connectivity index (χ0n) is 11.7. The van der Waals surface area contributed by atoms with E-state index in [4.69, 9.17) is 9.84 Å². The van der Waals surface area contributed by atoms with Crippen LogP contribution in [0, 0.1) is 0 Å². The molecular formula is C16H15NO4S. The lowest BCUT2D eigenvalue weighted by Crippen LogP contribution is -2.34. The lowest BCUT2D eigenvalue weighted by Gasteiger charge is -2.18. The number of amides is 1. The molecule has 6 heteroatoms. The maximum atomic E-state index is 12.5. The van der Waals surface area contributed by atoms with E-state index in [-0.39, 0.29) is 18.9 Å². The third-order valence-electron chi connectivity index (χ3n) is 3.60. The third kappa shape index (κ3) is 2.96. The van der Waals surface area contributed by atoms with E-state index in [1.54, 1.807) is 0 Å². The SMILES string of the molecule is O=C(O)CC(NC(=O)C1COc2ccccc21)c1cccs1. The number of carboxylic acid groups (broad SMARTS) is 1. The highest BCUT2D eigenvalue weighted by molar-refractivity contribution is 7.10. The first kappa shape index (κ1) is 14.6. The minimum Gasteiger partial charge on any atom is -0.492 e. The molecule has 1 aliphatic heterocycles. The molecule has 0 saturated carbocycles. The Kier molecular flexibility index (Phi) is 4.11. The van der Waals surface area contributed by atoms with Gasteiger partial charge in [-0.3, -0.25) is 9.59 Å². The number of rotatable bonds is 5. The van der Waals surface area contributed by atoms with E-state index in [1.807, 2.05) is 41.8 Å². The van der Waals surface area contributed by atoms with Crippen LogP contribution in [0.5, 0.6) is 5.75 Å². The standard InChI is InChI=1S/C16H15NO4S/c18-15(19)8-12(14-6-3-7-22-14)17-16(20)11-9-21-13-5-2-1-4-10(11)13/h1-7,11-12H,8-9H2,(H,17,20)(H,18,19). The number of aliphatic carboxylic acids is 1. The van der Waals surface area contributed by atoms with Crippen molar-refractivity contribution in [3.8, 4) is 5.75 Å². The molecule has 0 spiro atoms. The van der Waals surface area contributed by atoms with E-state index < -0.39 is 17.9 Å². The number of thiophene rings is 1. The quantitative estimate of drug-likeness (QED) is 0.888. The summed E-state index contributed by atoms with van der Waals surface area (Å²) >= 11 is 1.43. The number of carbonyl (C=O) groups is 2. The molecule has 2 aromatic rings. The zero-order chi connectivity index (χ0) is 15.5. The average molecular weight is 317 g/mol. The second-order valence-electron chi connectivity index (χ2n) is 5.08. The lowest BCUT2D eigenvalue weighted by molar-refractivity contribution is -0.137. The fourth-order valence-electron chi connectivity index (χ4n) is 2.54. The van der Waals surface area contributed by atoms with Gasteiger partial charge in [0, 0.05) is 10.4 Å². The minimum atomic E-state index is -0.943. The van der Waals surface area contributed by atoms with Crippen molar-refractivity contribution in [2.24, 2.45) is 0 Å². The highest BCUT2D eigenvalue weighted by atomic mass is 32.1. The van der Waals surface area contributed by atoms with Gasteiger partial charge in [0.2, 0.25) is 5.91 Å². The van der Waals surface area contributed by atoms with E-state index in [2.05, 4.69) is 5.32 Å². The monoisotopic (exact) mass is 317 g/mol. The predicted octanol–water partition coefficient (Wildman–Crippen LogP) is 2.56. The van der Waals surface area contributed by atoms with Gasteiger partial charge in [0.15, 0.2) is 0 Å². The second-order valence-corrected chi connectivity index (χ2v) is 6.06. The van der Waals surface area contributed by atoms with Crippen LogP contribution in [0.25, 0.3) is 0 Å². The first-order valence-electron chi connectivity index (χ1n) is 6.92. The van der Waals surface area contributed by atoms with E-state index in [0.29, 0.717) is 5.75 Å². The topological polar surface area (TPSA) is 75.6 Å². The molecule has 2 N–H and O–H groups in total. The maximum Gasteiger partial charge on any atom is 0.305 e. The molecule has 2 atom stereocenters.